The van der Waals surface area contributed by atoms with Crippen LogP contribution in [0.3, 0.4) is 0 Å². The molecule has 0 fully saturated rings. The number of benzene rings is 3. The highest BCUT2D eigenvalue weighted by Gasteiger charge is 2.23. The molecule has 3 aromatic carbocycles. The van der Waals surface area contributed by atoms with Crippen LogP contribution in [0, 0.1) is 12.7 Å². The van der Waals surface area contributed by atoms with Crippen LogP contribution in [-0.4, -0.2) is 25.3 Å². The number of ether oxygens (including phenoxy) is 2. The van der Waals surface area contributed by atoms with E-state index in [-0.39, 0.29) is 5.82 Å². The Morgan fingerprint density at radius 3 is 2.67 bits per heavy atom. The fourth-order valence-corrected chi connectivity index (χ4v) is 4.40. The second-order valence-electron chi connectivity index (χ2n) is 8.28. The first kappa shape index (κ1) is 21.2. The Balaban J connectivity index is 1.49. The summed E-state index contributed by atoms with van der Waals surface area (Å²) >= 11 is 0. The number of hydrogen-bond acceptors (Lipinski definition) is 5. The molecule has 0 saturated heterocycles. The number of hydrogen-bond donors (Lipinski definition) is 0. The van der Waals surface area contributed by atoms with Crippen molar-refractivity contribution in [2.24, 2.45) is 0 Å². The fourth-order valence-electron chi connectivity index (χ4n) is 4.40. The van der Waals surface area contributed by atoms with Crippen molar-refractivity contribution in [2.45, 2.75) is 19.9 Å². The van der Waals surface area contributed by atoms with Gasteiger partial charge >= 0.3 is 5.63 Å². The lowest BCUT2D eigenvalue weighted by Crippen LogP contribution is -2.34. The lowest BCUT2D eigenvalue weighted by Gasteiger charge is -2.30. The van der Waals surface area contributed by atoms with E-state index in [1.54, 1.807) is 19.2 Å². The summed E-state index contributed by atoms with van der Waals surface area (Å²) in [6, 6.07) is 17.9. The highest BCUT2D eigenvalue weighted by Crippen LogP contribution is 2.38. The fraction of sp³-hybridized carbons (Fsp3) is 0.222. The monoisotopic (exact) mass is 445 g/mol. The van der Waals surface area contributed by atoms with Gasteiger partial charge in [0.2, 0.25) is 0 Å². The summed E-state index contributed by atoms with van der Waals surface area (Å²) in [7, 11) is 1.62. The maximum absolute atomic E-state index is 13.5. The number of rotatable bonds is 5. The minimum Gasteiger partial charge on any atom is -0.497 e. The van der Waals surface area contributed by atoms with E-state index in [0.717, 1.165) is 57.7 Å². The molecular weight excluding hydrogens is 421 g/mol. The zero-order valence-corrected chi connectivity index (χ0v) is 18.6. The number of methoxy groups -OCH3 is 1. The van der Waals surface area contributed by atoms with Gasteiger partial charge < -0.3 is 13.9 Å². The van der Waals surface area contributed by atoms with E-state index < -0.39 is 5.63 Å². The third kappa shape index (κ3) is 4.22. The molecule has 4 aromatic rings. The second-order valence-corrected chi connectivity index (χ2v) is 8.28. The van der Waals surface area contributed by atoms with Crippen molar-refractivity contribution >= 4 is 11.0 Å². The highest BCUT2D eigenvalue weighted by molar-refractivity contribution is 5.96. The molecule has 5 rings (SSSR count). The van der Waals surface area contributed by atoms with Gasteiger partial charge in [-0.2, -0.15) is 0 Å². The Morgan fingerprint density at radius 2 is 1.91 bits per heavy atom. The predicted molar refractivity (Wildman–Crippen MR) is 125 cm³/mol. The van der Waals surface area contributed by atoms with E-state index in [4.69, 9.17) is 13.9 Å². The Morgan fingerprint density at radius 1 is 1.09 bits per heavy atom. The van der Waals surface area contributed by atoms with Gasteiger partial charge in [0.05, 0.1) is 7.11 Å². The van der Waals surface area contributed by atoms with Gasteiger partial charge in [0, 0.05) is 35.7 Å². The van der Waals surface area contributed by atoms with Gasteiger partial charge in [-0.15, -0.1) is 0 Å². The lowest BCUT2D eigenvalue weighted by molar-refractivity contribution is 0.0959. The Labute approximate surface area is 191 Å². The summed E-state index contributed by atoms with van der Waals surface area (Å²) in [5, 5.41) is 0.867. The summed E-state index contributed by atoms with van der Waals surface area (Å²) in [4.78, 5) is 14.5. The van der Waals surface area contributed by atoms with Crippen molar-refractivity contribution in [1.29, 1.82) is 0 Å². The van der Waals surface area contributed by atoms with Crippen LogP contribution in [0.25, 0.3) is 22.1 Å². The van der Waals surface area contributed by atoms with Gasteiger partial charge in [-0.05, 0) is 60.4 Å². The van der Waals surface area contributed by atoms with Gasteiger partial charge in [-0.25, -0.2) is 9.18 Å². The van der Waals surface area contributed by atoms with Crippen LogP contribution in [-0.2, 0) is 13.0 Å². The number of aryl methyl sites for hydroxylation is 1. The Hall–Kier alpha value is -3.64. The molecule has 0 unspecified atom stereocenters. The van der Waals surface area contributed by atoms with Crippen molar-refractivity contribution < 1.29 is 18.3 Å². The first-order valence-corrected chi connectivity index (χ1v) is 10.9. The summed E-state index contributed by atoms with van der Waals surface area (Å²) in [5.41, 5.74) is 4.68. The third-order valence-corrected chi connectivity index (χ3v) is 6.08. The summed E-state index contributed by atoms with van der Waals surface area (Å²) in [6.07, 6.45) is 0.731. The molecule has 1 aliphatic heterocycles. The quantitative estimate of drug-likeness (QED) is 0.390. The van der Waals surface area contributed by atoms with Crippen molar-refractivity contribution in [3.8, 4) is 22.6 Å². The summed E-state index contributed by atoms with van der Waals surface area (Å²) < 4.78 is 30.4. The maximum Gasteiger partial charge on any atom is 0.336 e. The van der Waals surface area contributed by atoms with E-state index in [0.29, 0.717) is 18.9 Å². The van der Waals surface area contributed by atoms with E-state index in [1.807, 2.05) is 37.3 Å². The highest BCUT2D eigenvalue weighted by atomic mass is 19.1. The number of fused-ring (bicyclic) bond motifs is 2. The van der Waals surface area contributed by atoms with Gasteiger partial charge in [-0.3, -0.25) is 4.90 Å². The summed E-state index contributed by atoms with van der Waals surface area (Å²) in [5.74, 6) is 1.30. The van der Waals surface area contributed by atoms with Crippen LogP contribution in [0.5, 0.6) is 11.5 Å². The van der Waals surface area contributed by atoms with Gasteiger partial charge in [0.15, 0.2) is 0 Å². The van der Waals surface area contributed by atoms with Crippen molar-refractivity contribution in [3.05, 3.63) is 93.6 Å². The Bertz CT molecular complexity index is 1380. The van der Waals surface area contributed by atoms with Crippen molar-refractivity contribution in [1.82, 2.24) is 4.90 Å². The lowest BCUT2D eigenvalue weighted by atomic mass is 9.96. The molecule has 0 bridgehead atoms. The van der Waals surface area contributed by atoms with E-state index in [1.165, 1.54) is 12.1 Å². The molecule has 0 saturated carbocycles. The van der Waals surface area contributed by atoms with Crippen LogP contribution in [0.1, 0.15) is 16.7 Å². The van der Waals surface area contributed by atoms with Crippen LogP contribution in [0.2, 0.25) is 0 Å². The molecule has 5 nitrogen and oxygen atoms in total. The van der Waals surface area contributed by atoms with Crippen molar-refractivity contribution in [3.63, 3.8) is 0 Å². The zero-order valence-electron chi connectivity index (χ0n) is 18.6. The predicted octanol–water partition coefficient (Wildman–Crippen LogP) is 5.31. The van der Waals surface area contributed by atoms with Crippen LogP contribution < -0.4 is 15.1 Å². The van der Waals surface area contributed by atoms with Gasteiger partial charge in [0.25, 0.3) is 0 Å². The molecule has 1 aromatic heterocycles. The van der Waals surface area contributed by atoms with E-state index in [9.17, 15) is 9.18 Å². The van der Waals surface area contributed by atoms with Crippen LogP contribution in [0.4, 0.5) is 4.39 Å². The topological polar surface area (TPSA) is 51.9 Å². The van der Waals surface area contributed by atoms with Gasteiger partial charge in [0.1, 0.15) is 29.6 Å². The van der Waals surface area contributed by atoms with Crippen molar-refractivity contribution in [2.75, 3.05) is 20.4 Å². The largest absolute Gasteiger partial charge is 0.497 e. The molecule has 0 amide bonds. The van der Waals surface area contributed by atoms with E-state index >= 15 is 0 Å². The van der Waals surface area contributed by atoms with Gasteiger partial charge in [-0.1, -0.05) is 24.3 Å². The van der Waals surface area contributed by atoms with Crippen LogP contribution >= 0.6 is 0 Å². The minimum atomic E-state index is -0.399. The first-order valence-electron chi connectivity index (χ1n) is 10.9. The smallest absolute Gasteiger partial charge is 0.336 e. The molecular formula is C27H24FNO4. The maximum atomic E-state index is 13.5. The number of nitrogens with zero attached hydrogens (tertiary/aromatic N) is 1. The zero-order chi connectivity index (χ0) is 22.9. The van der Waals surface area contributed by atoms with E-state index in [2.05, 4.69) is 11.0 Å². The molecule has 33 heavy (non-hydrogen) atoms. The molecule has 0 atom stereocenters. The summed E-state index contributed by atoms with van der Waals surface area (Å²) in [6.45, 7) is 3.79. The molecule has 0 aliphatic carbocycles. The first-order chi connectivity index (χ1) is 16.0. The standard InChI is InChI=1S/C27H24FNO4/c1-17-26-20(15-29(16-32-26)11-10-18-4-3-5-21(28)12-18)13-24-23(14-25(30)33-27(17)24)19-6-8-22(31-2)9-7-19/h3-9,12-14H,10-11,15-16H2,1-2H3. The second kappa shape index (κ2) is 8.71. The molecule has 0 radical (unpaired) electrons. The SMILES string of the molecule is COc1ccc(-c2cc(=O)oc3c(C)c4c(cc23)CN(CCc2cccc(F)c2)CO4)cc1. The average Bonchev–Trinajstić information content (AvgIpc) is 2.83. The molecule has 0 N–H and O–H groups in total. The average molecular weight is 445 g/mol. The minimum absolute atomic E-state index is 0.220. The third-order valence-electron chi connectivity index (χ3n) is 6.08. The normalized spacial score (nSPS) is 13.5. The van der Waals surface area contributed by atoms with Crippen LogP contribution in [0.15, 0.2) is 69.9 Å². The molecule has 1 aliphatic rings. The molecule has 6 heteroatoms. The molecule has 2 heterocycles. The molecule has 168 valence electrons. The molecule has 0 spiro atoms. The number of halogens is 1. The Kier molecular flexibility index (Phi) is 5.60.